The fourth-order valence-electron chi connectivity index (χ4n) is 3.27. The van der Waals surface area contributed by atoms with Crippen molar-refractivity contribution in [1.82, 2.24) is 0 Å². The summed E-state index contributed by atoms with van der Waals surface area (Å²) in [4.78, 5) is 15.8. The summed E-state index contributed by atoms with van der Waals surface area (Å²) in [6.45, 7) is 2.77. The predicted molar refractivity (Wildman–Crippen MR) is 122 cm³/mol. The van der Waals surface area contributed by atoms with Crippen LogP contribution in [0.1, 0.15) is 107 Å². The van der Waals surface area contributed by atoms with Gasteiger partial charge in [-0.05, 0) is 42.9 Å². The smallest absolute Gasteiger partial charge is 0.338 e. The van der Waals surface area contributed by atoms with E-state index in [-0.39, 0.29) is 5.97 Å². The summed E-state index contributed by atoms with van der Waals surface area (Å²) in [5, 5.41) is 2.31. The number of unbranched alkanes of at least 4 members (excludes halogenated alkanes) is 13. The second kappa shape index (κ2) is 17.6. The van der Waals surface area contributed by atoms with Crippen molar-refractivity contribution in [2.24, 2.45) is 4.99 Å². The number of hydrogen-bond acceptors (Lipinski definition) is 4. The average Bonchev–Trinajstić information content (AvgIpc) is 2.71. The van der Waals surface area contributed by atoms with E-state index in [4.69, 9.17) is 4.74 Å². The molecule has 156 valence electrons. The van der Waals surface area contributed by atoms with Crippen LogP contribution >= 0.6 is 12.2 Å². The molecule has 0 aliphatic heterocycles. The zero-order valence-electron chi connectivity index (χ0n) is 17.6. The number of ether oxygens (including phenoxy) is 1. The molecule has 0 aliphatic carbocycles. The molecular formula is C24H37NO2S. The van der Waals surface area contributed by atoms with E-state index in [2.05, 4.69) is 29.3 Å². The number of esters is 1. The van der Waals surface area contributed by atoms with E-state index in [0.717, 1.165) is 12.8 Å². The molecule has 0 spiro atoms. The summed E-state index contributed by atoms with van der Waals surface area (Å²) in [5.74, 6) is -0.271. The van der Waals surface area contributed by atoms with E-state index in [1.54, 1.807) is 24.3 Å². The van der Waals surface area contributed by atoms with Gasteiger partial charge < -0.3 is 4.74 Å². The Morgan fingerprint density at radius 2 is 1.29 bits per heavy atom. The van der Waals surface area contributed by atoms with Crippen molar-refractivity contribution in [3.05, 3.63) is 29.8 Å². The lowest BCUT2D eigenvalue weighted by atomic mass is 10.0. The third-order valence-electron chi connectivity index (χ3n) is 5.01. The molecule has 1 aromatic rings. The van der Waals surface area contributed by atoms with Gasteiger partial charge in [-0.3, -0.25) is 0 Å². The molecule has 0 aromatic heterocycles. The topological polar surface area (TPSA) is 38.7 Å². The highest BCUT2D eigenvalue weighted by Crippen LogP contribution is 2.14. The molecule has 1 aromatic carbocycles. The fourth-order valence-corrected chi connectivity index (χ4v) is 3.37. The van der Waals surface area contributed by atoms with Gasteiger partial charge in [0.1, 0.15) is 0 Å². The summed E-state index contributed by atoms with van der Waals surface area (Å²) in [5.41, 5.74) is 1.24. The number of thiocarbonyl (C=S) groups is 1. The van der Waals surface area contributed by atoms with E-state index in [9.17, 15) is 4.79 Å². The summed E-state index contributed by atoms with van der Waals surface area (Å²) in [6, 6.07) is 6.89. The number of carbonyl (C=O) groups is 1. The maximum absolute atomic E-state index is 12.0. The first-order valence-corrected chi connectivity index (χ1v) is 11.5. The highest BCUT2D eigenvalue weighted by Gasteiger charge is 2.06. The zero-order chi connectivity index (χ0) is 20.3. The number of hydrogen-bond donors (Lipinski definition) is 0. The van der Waals surface area contributed by atoms with Gasteiger partial charge >= 0.3 is 5.97 Å². The molecule has 1 rings (SSSR count). The van der Waals surface area contributed by atoms with Crippen LogP contribution in [0.3, 0.4) is 0 Å². The second-order valence-electron chi connectivity index (χ2n) is 7.48. The molecule has 0 saturated heterocycles. The molecule has 0 atom stereocenters. The van der Waals surface area contributed by atoms with Crippen molar-refractivity contribution in [1.29, 1.82) is 0 Å². The first-order valence-electron chi connectivity index (χ1n) is 11.1. The summed E-state index contributed by atoms with van der Waals surface area (Å²) in [6.07, 6.45) is 18.5. The van der Waals surface area contributed by atoms with E-state index in [1.807, 2.05) is 0 Å². The Morgan fingerprint density at radius 3 is 1.75 bits per heavy atom. The minimum Gasteiger partial charge on any atom is -0.462 e. The monoisotopic (exact) mass is 403 g/mol. The van der Waals surface area contributed by atoms with Gasteiger partial charge in [-0.2, -0.15) is 4.99 Å². The van der Waals surface area contributed by atoms with Crippen LogP contribution in [0.5, 0.6) is 0 Å². The maximum atomic E-state index is 12.0. The summed E-state index contributed by atoms with van der Waals surface area (Å²) < 4.78 is 5.33. The zero-order valence-corrected chi connectivity index (χ0v) is 18.4. The Bertz CT molecular complexity index is 564. The third kappa shape index (κ3) is 12.8. The Kier molecular flexibility index (Phi) is 15.4. The van der Waals surface area contributed by atoms with Crippen LogP contribution in [0.15, 0.2) is 29.3 Å². The van der Waals surface area contributed by atoms with Crippen molar-refractivity contribution >= 4 is 29.0 Å². The Labute approximate surface area is 177 Å². The highest BCUT2D eigenvalue weighted by atomic mass is 32.1. The van der Waals surface area contributed by atoms with Crippen LogP contribution < -0.4 is 0 Å². The van der Waals surface area contributed by atoms with Gasteiger partial charge in [-0.25, -0.2) is 4.79 Å². The molecule has 0 radical (unpaired) electrons. The van der Waals surface area contributed by atoms with Crippen LogP contribution in [-0.2, 0) is 4.74 Å². The van der Waals surface area contributed by atoms with Gasteiger partial charge in [0.2, 0.25) is 0 Å². The highest BCUT2D eigenvalue weighted by molar-refractivity contribution is 7.78. The minimum atomic E-state index is -0.271. The second-order valence-corrected chi connectivity index (χ2v) is 7.66. The van der Waals surface area contributed by atoms with E-state index >= 15 is 0 Å². The van der Waals surface area contributed by atoms with Crippen molar-refractivity contribution in [3.8, 4) is 0 Å². The predicted octanol–water partition coefficient (Wildman–Crippen LogP) is 8.06. The molecule has 0 saturated carbocycles. The van der Waals surface area contributed by atoms with Gasteiger partial charge in [-0.15, -0.1) is 0 Å². The number of nitrogens with zero attached hydrogens (tertiary/aromatic N) is 1. The summed E-state index contributed by atoms with van der Waals surface area (Å²) >= 11 is 4.56. The number of carbonyl (C=O) groups excluding carboxylic acids is 1. The molecule has 0 fully saturated rings. The number of benzene rings is 1. The lowest BCUT2D eigenvalue weighted by molar-refractivity contribution is 0.0497. The lowest BCUT2D eigenvalue weighted by Crippen LogP contribution is -2.06. The molecule has 0 unspecified atom stereocenters. The van der Waals surface area contributed by atoms with Crippen molar-refractivity contribution in [3.63, 3.8) is 0 Å². The molecule has 3 nitrogen and oxygen atoms in total. The minimum absolute atomic E-state index is 0.271. The standard InChI is InChI=1S/C24H37NO2S/c1-2-3-4-5-6-7-8-9-10-11-12-13-14-15-20-27-24(26)22-16-18-23(19-17-22)25-21-28/h16-19H,2-15,20H2,1H3. The van der Waals surface area contributed by atoms with Crippen LogP contribution in [0.4, 0.5) is 5.69 Å². The van der Waals surface area contributed by atoms with Crippen molar-refractivity contribution in [2.75, 3.05) is 6.61 Å². The first-order chi connectivity index (χ1) is 13.8. The van der Waals surface area contributed by atoms with Gasteiger partial charge in [0.15, 0.2) is 0 Å². The molecule has 0 N–H and O–H groups in total. The normalized spacial score (nSPS) is 10.5. The molecule has 0 amide bonds. The fraction of sp³-hybridized carbons (Fsp3) is 0.667. The van der Waals surface area contributed by atoms with Gasteiger partial charge in [-0.1, -0.05) is 90.4 Å². The Balaban J connectivity index is 1.89. The average molecular weight is 404 g/mol. The van der Waals surface area contributed by atoms with E-state index in [1.165, 1.54) is 77.0 Å². The van der Waals surface area contributed by atoms with E-state index in [0.29, 0.717) is 17.9 Å². The van der Waals surface area contributed by atoms with E-state index < -0.39 is 0 Å². The lowest BCUT2D eigenvalue weighted by Gasteiger charge is -2.05. The van der Waals surface area contributed by atoms with Crippen LogP contribution in [0.2, 0.25) is 0 Å². The molecule has 0 heterocycles. The van der Waals surface area contributed by atoms with Gasteiger partial charge in [0.05, 0.1) is 23.0 Å². The largest absolute Gasteiger partial charge is 0.462 e. The number of rotatable bonds is 17. The summed E-state index contributed by atoms with van der Waals surface area (Å²) in [7, 11) is 0. The first kappa shape index (κ1) is 24.5. The molecule has 0 aliphatic rings. The van der Waals surface area contributed by atoms with Crippen LogP contribution in [0.25, 0.3) is 0 Å². The van der Waals surface area contributed by atoms with Crippen molar-refractivity contribution in [2.45, 2.75) is 96.8 Å². The Morgan fingerprint density at radius 1 is 0.821 bits per heavy atom. The quantitative estimate of drug-likeness (QED) is 0.114. The molecule has 28 heavy (non-hydrogen) atoms. The van der Waals surface area contributed by atoms with Gasteiger partial charge in [0.25, 0.3) is 0 Å². The number of isothiocyanates is 1. The molecule has 4 heteroatoms. The van der Waals surface area contributed by atoms with Crippen molar-refractivity contribution < 1.29 is 9.53 Å². The number of aliphatic imine (C=N–C) groups is 1. The third-order valence-corrected chi connectivity index (χ3v) is 5.10. The Hall–Kier alpha value is -1.51. The SMILES string of the molecule is CCCCCCCCCCCCCCCCOC(=O)c1ccc(N=C=S)cc1. The van der Waals surface area contributed by atoms with Gasteiger partial charge in [0, 0.05) is 0 Å². The molecular weight excluding hydrogens is 366 g/mol. The van der Waals surface area contributed by atoms with Crippen LogP contribution in [-0.4, -0.2) is 17.7 Å². The molecule has 0 bridgehead atoms. The van der Waals surface area contributed by atoms with Crippen LogP contribution in [0, 0.1) is 0 Å². The maximum Gasteiger partial charge on any atom is 0.338 e.